The number of nitrogens with one attached hydrogen (secondary N) is 1. The molecule has 0 saturated carbocycles. The van der Waals surface area contributed by atoms with Crippen molar-refractivity contribution in [3.8, 4) is 0 Å². The van der Waals surface area contributed by atoms with Crippen molar-refractivity contribution in [2.45, 2.75) is 19.4 Å². The Morgan fingerprint density at radius 1 is 1.35 bits per heavy atom. The fraction of sp³-hybridized carbons (Fsp3) is 0.333. The lowest BCUT2D eigenvalue weighted by Gasteiger charge is -2.27. The first-order valence-electron chi connectivity index (χ1n) is 6.25. The quantitative estimate of drug-likeness (QED) is 0.729. The molecule has 0 spiro atoms. The molecule has 2 aliphatic rings. The summed E-state index contributed by atoms with van der Waals surface area (Å²) in [5.74, 6) is 0. The van der Waals surface area contributed by atoms with E-state index in [2.05, 4.69) is 48.3 Å². The topological polar surface area (TPSA) is 19.0 Å². The van der Waals surface area contributed by atoms with Crippen LogP contribution < -0.4 is 0 Å². The van der Waals surface area contributed by atoms with Gasteiger partial charge in [-0.05, 0) is 43.2 Å². The van der Waals surface area contributed by atoms with E-state index in [0.29, 0.717) is 6.04 Å². The van der Waals surface area contributed by atoms with Crippen LogP contribution in [0.1, 0.15) is 18.1 Å². The predicted octanol–water partition coefficient (Wildman–Crippen LogP) is 2.81. The summed E-state index contributed by atoms with van der Waals surface area (Å²) in [6.07, 6.45) is 3.34. The van der Waals surface area contributed by atoms with Crippen LogP contribution in [0.4, 0.5) is 0 Å². The number of nitrogens with zero attached hydrogens (tertiary/aromatic N) is 1. The highest BCUT2D eigenvalue weighted by Crippen LogP contribution is 2.42. The van der Waals surface area contributed by atoms with Crippen molar-refractivity contribution in [3.63, 3.8) is 0 Å². The zero-order valence-corrected chi connectivity index (χ0v) is 10.2. The van der Waals surface area contributed by atoms with Gasteiger partial charge in [0.15, 0.2) is 0 Å². The fourth-order valence-corrected chi connectivity index (χ4v) is 3.59. The van der Waals surface area contributed by atoms with Crippen molar-refractivity contribution in [3.05, 3.63) is 41.1 Å². The number of rotatable bonds is 0. The number of fused-ring (bicyclic) bond motifs is 2. The molecule has 1 N–H and O–H groups in total. The predicted molar refractivity (Wildman–Crippen MR) is 71.0 cm³/mol. The van der Waals surface area contributed by atoms with Crippen LogP contribution in [0.3, 0.4) is 0 Å². The minimum Gasteiger partial charge on any atom is -0.361 e. The summed E-state index contributed by atoms with van der Waals surface area (Å²) in [5.41, 5.74) is 7.33. The average molecular weight is 224 g/mol. The van der Waals surface area contributed by atoms with Crippen molar-refractivity contribution < 1.29 is 0 Å². The van der Waals surface area contributed by atoms with E-state index in [1.165, 1.54) is 27.6 Å². The monoisotopic (exact) mass is 224 g/mol. The smallest absolute Gasteiger partial charge is 0.0462 e. The van der Waals surface area contributed by atoms with Crippen molar-refractivity contribution in [2.75, 3.05) is 13.6 Å². The summed E-state index contributed by atoms with van der Waals surface area (Å²) in [5, 5.41) is 1.45. The van der Waals surface area contributed by atoms with E-state index >= 15 is 0 Å². The maximum absolute atomic E-state index is 3.40. The summed E-state index contributed by atoms with van der Waals surface area (Å²) in [6, 6.07) is 7.21. The highest BCUT2D eigenvalue weighted by atomic mass is 15.1. The van der Waals surface area contributed by atoms with Gasteiger partial charge in [-0.1, -0.05) is 17.7 Å². The van der Waals surface area contributed by atoms with Gasteiger partial charge in [0, 0.05) is 29.7 Å². The van der Waals surface area contributed by atoms with Crippen molar-refractivity contribution in [1.82, 2.24) is 9.88 Å². The highest BCUT2D eigenvalue weighted by molar-refractivity contribution is 5.99. The molecule has 17 heavy (non-hydrogen) atoms. The Bertz CT molecular complexity index is 648. The Morgan fingerprint density at radius 3 is 3.12 bits per heavy atom. The van der Waals surface area contributed by atoms with E-state index in [-0.39, 0.29) is 0 Å². The molecule has 0 radical (unpaired) electrons. The van der Waals surface area contributed by atoms with E-state index < -0.39 is 0 Å². The first-order chi connectivity index (χ1) is 8.25. The van der Waals surface area contributed by atoms with Crippen LogP contribution in [0.2, 0.25) is 0 Å². The molecule has 2 heterocycles. The van der Waals surface area contributed by atoms with Gasteiger partial charge >= 0.3 is 0 Å². The second-order valence-electron chi connectivity index (χ2n) is 5.37. The lowest BCUT2D eigenvalue weighted by molar-refractivity contribution is 0.333. The number of hydrogen-bond acceptors (Lipinski definition) is 1. The molecule has 2 heteroatoms. The summed E-state index contributed by atoms with van der Waals surface area (Å²) in [7, 11) is 2.24. The largest absolute Gasteiger partial charge is 0.361 e. The standard InChI is InChI=1S/C15H16N2/c1-9-8-17(2)13-6-10-7-16-12-5-3-4-11(14(9)13)15(10)12/h3-5,7,13,16H,6,8H2,1-2H3/t13-/m0/s1. The van der Waals surface area contributed by atoms with Crippen molar-refractivity contribution in [2.24, 2.45) is 0 Å². The molecular weight excluding hydrogens is 208 g/mol. The molecule has 0 bridgehead atoms. The SMILES string of the molecule is CC1=C2c3cccc4[nH]cc(c34)C[C@@H]2N(C)C1. The number of aromatic nitrogens is 1. The lowest BCUT2D eigenvalue weighted by atomic mass is 9.84. The van der Waals surface area contributed by atoms with Crippen LogP contribution in [0.25, 0.3) is 16.5 Å². The van der Waals surface area contributed by atoms with Crippen LogP contribution in [0.5, 0.6) is 0 Å². The van der Waals surface area contributed by atoms with Crippen LogP contribution >= 0.6 is 0 Å². The van der Waals surface area contributed by atoms with Gasteiger partial charge < -0.3 is 4.98 Å². The van der Waals surface area contributed by atoms with E-state index in [1.54, 1.807) is 5.57 Å². The van der Waals surface area contributed by atoms with E-state index in [4.69, 9.17) is 0 Å². The second-order valence-corrected chi connectivity index (χ2v) is 5.37. The van der Waals surface area contributed by atoms with Crippen LogP contribution in [0.15, 0.2) is 30.0 Å². The van der Waals surface area contributed by atoms with Gasteiger partial charge in [0.2, 0.25) is 0 Å². The summed E-state index contributed by atoms with van der Waals surface area (Å²) < 4.78 is 0. The third-order valence-electron chi connectivity index (χ3n) is 4.30. The minimum atomic E-state index is 0.587. The third kappa shape index (κ3) is 1.09. The first kappa shape index (κ1) is 9.49. The molecule has 1 aliphatic carbocycles. The summed E-state index contributed by atoms with van der Waals surface area (Å²) >= 11 is 0. The van der Waals surface area contributed by atoms with Gasteiger partial charge in [0.1, 0.15) is 0 Å². The molecule has 0 fully saturated rings. The Kier molecular flexibility index (Phi) is 1.68. The molecule has 2 nitrogen and oxygen atoms in total. The molecule has 1 aliphatic heterocycles. The first-order valence-corrected chi connectivity index (χ1v) is 6.25. The Balaban J connectivity index is 2.10. The molecule has 1 atom stereocenters. The van der Waals surface area contributed by atoms with Gasteiger partial charge in [-0.15, -0.1) is 0 Å². The van der Waals surface area contributed by atoms with Gasteiger partial charge in [-0.2, -0.15) is 0 Å². The highest BCUT2D eigenvalue weighted by Gasteiger charge is 2.34. The third-order valence-corrected chi connectivity index (χ3v) is 4.30. The van der Waals surface area contributed by atoms with Crippen LogP contribution in [-0.4, -0.2) is 29.5 Å². The number of likely N-dealkylation sites (N-methyl/N-ethyl adjacent to an activating group) is 1. The van der Waals surface area contributed by atoms with E-state index in [1.807, 2.05) is 0 Å². The molecule has 2 aromatic rings. The Hall–Kier alpha value is -1.54. The zero-order chi connectivity index (χ0) is 11.6. The number of aromatic amines is 1. The normalized spacial score (nSPS) is 23.5. The van der Waals surface area contributed by atoms with E-state index in [9.17, 15) is 0 Å². The van der Waals surface area contributed by atoms with Crippen LogP contribution in [0, 0.1) is 0 Å². The second kappa shape index (κ2) is 3.02. The van der Waals surface area contributed by atoms with Crippen molar-refractivity contribution in [1.29, 1.82) is 0 Å². The Labute approximate surface area is 101 Å². The molecular formula is C15H16N2. The molecule has 0 amide bonds. The number of hydrogen-bond donors (Lipinski definition) is 1. The maximum Gasteiger partial charge on any atom is 0.0462 e. The Morgan fingerprint density at radius 2 is 2.24 bits per heavy atom. The lowest BCUT2D eigenvalue weighted by Crippen LogP contribution is -2.31. The average Bonchev–Trinajstić information content (AvgIpc) is 2.85. The van der Waals surface area contributed by atoms with Gasteiger partial charge in [0.05, 0.1) is 0 Å². The van der Waals surface area contributed by atoms with Crippen molar-refractivity contribution >= 4 is 16.5 Å². The fourth-order valence-electron chi connectivity index (χ4n) is 3.59. The number of H-pyrrole nitrogens is 1. The van der Waals surface area contributed by atoms with Crippen LogP contribution in [-0.2, 0) is 6.42 Å². The molecule has 0 unspecified atom stereocenters. The number of benzene rings is 1. The molecule has 0 saturated heterocycles. The molecule has 4 rings (SSSR count). The van der Waals surface area contributed by atoms with Gasteiger partial charge in [-0.25, -0.2) is 0 Å². The molecule has 1 aromatic heterocycles. The van der Waals surface area contributed by atoms with Gasteiger partial charge in [0.25, 0.3) is 0 Å². The molecule has 86 valence electrons. The zero-order valence-electron chi connectivity index (χ0n) is 10.2. The maximum atomic E-state index is 3.40. The minimum absolute atomic E-state index is 0.587. The molecule has 1 aromatic carbocycles. The van der Waals surface area contributed by atoms with E-state index in [0.717, 1.165) is 13.0 Å². The van der Waals surface area contributed by atoms with Gasteiger partial charge in [-0.3, -0.25) is 4.90 Å². The summed E-state index contributed by atoms with van der Waals surface area (Å²) in [6.45, 7) is 3.40. The summed E-state index contributed by atoms with van der Waals surface area (Å²) in [4.78, 5) is 5.87.